The van der Waals surface area contributed by atoms with Gasteiger partial charge < -0.3 is 16.4 Å². The van der Waals surface area contributed by atoms with Crippen molar-refractivity contribution in [3.63, 3.8) is 0 Å². The molecule has 0 amide bonds. The van der Waals surface area contributed by atoms with Crippen LogP contribution in [0.25, 0.3) is 0 Å². The van der Waals surface area contributed by atoms with Gasteiger partial charge in [-0.15, -0.1) is 0 Å². The molecule has 1 rings (SSSR count). The average Bonchev–Trinajstić information content (AvgIpc) is 2.80. The molecule has 0 bridgehead atoms. The topological polar surface area (TPSA) is 35.5 Å². The van der Waals surface area contributed by atoms with Crippen molar-refractivity contribution >= 4 is 19.6 Å². The molecule has 5 heteroatoms. The van der Waals surface area contributed by atoms with E-state index in [2.05, 4.69) is 25.3 Å². The van der Waals surface area contributed by atoms with Gasteiger partial charge >= 0.3 is 35.9 Å². The summed E-state index contributed by atoms with van der Waals surface area (Å²) in [6.07, 6.45) is 3.62. The normalized spacial score (nSPS) is 13.1. The van der Waals surface area contributed by atoms with Crippen LogP contribution in [0.15, 0.2) is 0 Å². The SMILES string of the molecule is C1CCOC1.[CH2-]CCC(=O)OCC.[Zn+][Br]. The summed E-state index contributed by atoms with van der Waals surface area (Å²) in [5.74, 6) is -0.150. The first-order valence-corrected chi connectivity index (χ1v) is 12.1. The summed E-state index contributed by atoms with van der Waals surface area (Å²) in [6.45, 7) is 7.77. The molecule has 1 saturated heterocycles. The van der Waals surface area contributed by atoms with Gasteiger partial charge in [0, 0.05) is 19.6 Å². The predicted octanol–water partition coefficient (Wildman–Crippen LogP) is 2.80. The van der Waals surface area contributed by atoms with Gasteiger partial charge in [-0.25, -0.2) is 0 Å². The maximum atomic E-state index is 10.4. The molecular formula is C10H19BrO3Zn. The minimum absolute atomic E-state index is 0.150. The van der Waals surface area contributed by atoms with Crippen LogP contribution in [0, 0.1) is 6.92 Å². The number of esters is 1. The molecule has 0 spiro atoms. The van der Waals surface area contributed by atoms with Gasteiger partial charge in [-0.3, -0.25) is 4.79 Å². The molecule has 1 fully saturated rings. The number of ether oxygens (including phenoxy) is 2. The molecule has 86 valence electrons. The summed E-state index contributed by atoms with van der Waals surface area (Å²) in [5.41, 5.74) is 0. The summed E-state index contributed by atoms with van der Waals surface area (Å²) in [5, 5.41) is 0. The Balaban J connectivity index is 0. The van der Waals surface area contributed by atoms with E-state index in [-0.39, 0.29) is 5.97 Å². The van der Waals surface area contributed by atoms with Crippen LogP contribution in [-0.2, 0) is 30.6 Å². The van der Waals surface area contributed by atoms with Crippen molar-refractivity contribution in [1.82, 2.24) is 0 Å². The second-order valence-corrected chi connectivity index (χ2v) is 2.73. The van der Waals surface area contributed by atoms with Gasteiger partial charge in [0.2, 0.25) is 0 Å². The molecule has 0 N–H and O–H groups in total. The van der Waals surface area contributed by atoms with Crippen molar-refractivity contribution < 1.29 is 30.6 Å². The zero-order chi connectivity index (χ0) is 11.9. The zero-order valence-electron chi connectivity index (χ0n) is 9.47. The molecule has 0 unspecified atom stereocenters. The summed E-state index contributed by atoms with van der Waals surface area (Å²) in [6, 6.07) is 0. The van der Waals surface area contributed by atoms with Crippen molar-refractivity contribution in [3.05, 3.63) is 6.92 Å². The number of halogens is 1. The van der Waals surface area contributed by atoms with Crippen LogP contribution in [-0.4, -0.2) is 25.8 Å². The van der Waals surface area contributed by atoms with Crippen LogP contribution in [0.2, 0.25) is 0 Å². The van der Waals surface area contributed by atoms with E-state index in [1.807, 2.05) is 0 Å². The van der Waals surface area contributed by atoms with E-state index < -0.39 is 0 Å². The van der Waals surface area contributed by atoms with Gasteiger partial charge in [0.25, 0.3) is 0 Å². The third kappa shape index (κ3) is 17.2. The molecule has 0 aliphatic carbocycles. The second kappa shape index (κ2) is 16.9. The van der Waals surface area contributed by atoms with Crippen LogP contribution < -0.4 is 0 Å². The van der Waals surface area contributed by atoms with Crippen LogP contribution in [0.5, 0.6) is 0 Å². The van der Waals surface area contributed by atoms with Crippen molar-refractivity contribution in [2.45, 2.75) is 32.6 Å². The standard InChI is InChI=1S/C6H11O2.C4H8O.BrH.Zn/c1-3-5-6(7)8-4-2;1-2-4-5-3-1;;/h1,3-5H2,2H3;1-4H2;1H;/q-1;;;+2/p-1. The molecule has 0 aromatic rings. The monoisotopic (exact) mass is 330 g/mol. The Labute approximate surface area is 109 Å². The summed E-state index contributed by atoms with van der Waals surface area (Å²) in [7, 11) is 0. The summed E-state index contributed by atoms with van der Waals surface area (Å²) in [4.78, 5) is 10.4. The fourth-order valence-electron chi connectivity index (χ4n) is 0.888. The number of carbonyl (C=O) groups is 1. The van der Waals surface area contributed by atoms with Crippen LogP contribution in [0.4, 0.5) is 0 Å². The van der Waals surface area contributed by atoms with Crippen molar-refractivity contribution in [2.75, 3.05) is 19.8 Å². The molecule has 15 heavy (non-hydrogen) atoms. The van der Waals surface area contributed by atoms with Crippen LogP contribution in [0.1, 0.15) is 32.6 Å². The number of hydrogen-bond donors (Lipinski definition) is 0. The van der Waals surface area contributed by atoms with Gasteiger partial charge in [0.05, 0.1) is 6.61 Å². The van der Waals surface area contributed by atoms with Gasteiger partial charge in [-0.1, -0.05) is 0 Å². The van der Waals surface area contributed by atoms with Crippen LogP contribution in [0.3, 0.4) is 0 Å². The fraction of sp³-hybridized carbons (Fsp3) is 0.800. The van der Waals surface area contributed by atoms with Gasteiger partial charge in [-0.05, 0) is 19.8 Å². The quantitative estimate of drug-likeness (QED) is 0.453. The molecule has 0 aromatic carbocycles. The Morgan fingerprint density at radius 1 is 1.47 bits per heavy atom. The molecule has 1 aliphatic heterocycles. The molecule has 0 atom stereocenters. The number of rotatable bonds is 3. The maximum absolute atomic E-state index is 10.4. The third-order valence-corrected chi connectivity index (χ3v) is 1.51. The van der Waals surface area contributed by atoms with E-state index in [4.69, 9.17) is 4.74 Å². The first kappa shape index (κ1) is 17.9. The van der Waals surface area contributed by atoms with Crippen molar-refractivity contribution in [3.8, 4) is 0 Å². The summed E-state index contributed by atoms with van der Waals surface area (Å²) >= 11 is 4.25. The fourth-order valence-corrected chi connectivity index (χ4v) is 0.888. The van der Waals surface area contributed by atoms with Crippen LogP contribution >= 0.6 is 13.6 Å². The Hall–Kier alpha value is 0.533. The Bertz CT molecular complexity index is 114. The summed E-state index contributed by atoms with van der Waals surface area (Å²) < 4.78 is 9.55. The van der Waals surface area contributed by atoms with Gasteiger partial charge in [0.15, 0.2) is 0 Å². The molecule has 0 saturated carbocycles. The van der Waals surface area contributed by atoms with Crippen molar-refractivity contribution in [1.29, 1.82) is 0 Å². The third-order valence-electron chi connectivity index (χ3n) is 1.51. The molecule has 0 aromatic heterocycles. The van der Waals surface area contributed by atoms with Gasteiger partial charge in [0.1, 0.15) is 0 Å². The first-order chi connectivity index (χ1) is 7.31. The molecule has 0 radical (unpaired) electrons. The van der Waals surface area contributed by atoms with Crippen molar-refractivity contribution in [2.24, 2.45) is 0 Å². The zero-order valence-corrected chi connectivity index (χ0v) is 14.0. The Morgan fingerprint density at radius 2 is 2.00 bits per heavy atom. The van der Waals surface area contributed by atoms with E-state index in [0.717, 1.165) is 13.2 Å². The predicted molar refractivity (Wildman–Crippen MR) is 60.2 cm³/mol. The number of carbonyl (C=O) groups excluding carboxylic acids is 1. The first-order valence-electron chi connectivity index (χ1n) is 5.10. The van der Waals surface area contributed by atoms with E-state index in [1.54, 1.807) is 6.92 Å². The molecule has 3 nitrogen and oxygen atoms in total. The van der Waals surface area contributed by atoms with E-state index >= 15 is 0 Å². The molecular weight excluding hydrogens is 313 g/mol. The Morgan fingerprint density at radius 3 is 2.27 bits per heavy atom. The molecule has 1 aliphatic rings. The van der Waals surface area contributed by atoms with E-state index in [1.165, 1.54) is 29.2 Å². The van der Waals surface area contributed by atoms with Gasteiger partial charge in [-0.2, -0.15) is 6.42 Å². The minimum atomic E-state index is -0.150. The number of hydrogen-bond acceptors (Lipinski definition) is 3. The second-order valence-electron chi connectivity index (χ2n) is 2.73. The molecule has 1 heterocycles. The Kier molecular flexibility index (Phi) is 20.2. The van der Waals surface area contributed by atoms with E-state index in [0.29, 0.717) is 19.4 Å². The average molecular weight is 333 g/mol. The van der Waals surface area contributed by atoms with E-state index in [9.17, 15) is 4.79 Å².